The molecule has 4 N–H and O–H groups in total. The molecule has 11 heteroatoms. The van der Waals surface area contributed by atoms with E-state index in [1.165, 1.54) is 0 Å². The zero-order valence-electron chi connectivity index (χ0n) is 8.39. The smallest absolute Gasteiger partial charge is 0.349 e. The van der Waals surface area contributed by atoms with Gasteiger partial charge in [0.2, 0.25) is 0 Å². The van der Waals surface area contributed by atoms with Gasteiger partial charge in [-0.25, -0.2) is 4.98 Å². The van der Waals surface area contributed by atoms with Gasteiger partial charge in [-0.05, 0) is 6.92 Å². The van der Waals surface area contributed by atoms with Gasteiger partial charge in [0.1, 0.15) is 5.82 Å². The van der Waals surface area contributed by atoms with Crippen molar-refractivity contribution >= 4 is 20.5 Å². The predicted molar refractivity (Wildman–Crippen MR) is 55.0 cm³/mol. The summed E-state index contributed by atoms with van der Waals surface area (Å²) in [6.45, 7) is 1.92. The second-order valence-electron chi connectivity index (χ2n) is 2.36. The second kappa shape index (κ2) is 7.29. The van der Waals surface area contributed by atoms with Crippen LogP contribution < -0.4 is 0 Å². The molecule has 1 rings (SSSR count). The number of imidazole rings is 1. The molecule has 0 saturated heterocycles. The first-order valence-corrected chi connectivity index (χ1v) is 6.72. The van der Waals surface area contributed by atoms with Crippen molar-refractivity contribution in [3.63, 3.8) is 0 Å². The summed E-state index contributed by atoms with van der Waals surface area (Å²) in [5.41, 5.74) is 0. The Morgan fingerprint density at radius 2 is 1.50 bits per heavy atom. The van der Waals surface area contributed by atoms with Crippen LogP contribution in [0.4, 0.5) is 0 Å². The maximum atomic E-state index is 9.19. The number of hydrogen-bond donors (Lipinski definition) is 4. The van der Waals surface area contributed by atoms with E-state index in [0.717, 1.165) is 5.82 Å². The third-order valence-electron chi connectivity index (χ3n) is 0.635. The van der Waals surface area contributed by atoms with Gasteiger partial charge in [-0.2, -0.15) is 16.8 Å². The molecule has 9 nitrogen and oxygen atoms in total. The Labute approximate surface area is 92.9 Å². The lowest BCUT2D eigenvalue weighted by molar-refractivity contribution is 0.381. The number of aryl methyl sites for hydroxylation is 1. The number of aromatic amines is 1. The minimum Gasteiger partial charge on any atom is -0.349 e. The van der Waals surface area contributed by atoms with Crippen molar-refractivity contribution in [3.05, 3.63) is 18.2 Å². The van der Waals surface area contributed by atoms with Crippen LogP contribution in [0.5, 0.6) is 0 Å². The third kappa shape index (κ3) is 52.0. The Hall–Kier alpha value is -1.01. The van der Waals surface area contributed by atoms with Crippen LogP contribution in [-0.4, -0.2) is 46.7 Å². The van der Waals surface area contributed by atoms with Gasteiger partial charge in [-0.15, -0.1) is 0 Å². The zero-order valence-corrected chi connectivity index (χ0v) is 10.0. The van der Waals surface area contributed by atoms with Gasteiger partial charge in [0.15, 0.2) is 0 Å². The van der Waals surface area contributed by atoms with Crippen LogP contribution in [-0.2, 0) is 20.5 Å². The molecular weight excluding hydrogens is 264 g/mol. The number of rotatable bonds is 0. The highest BCUT2D eigenvalue weighted by Gasteiger charge is 1.84. The van der Waals surface area contributed by atoms with Crippen LogP contribution in [0.1, 0.15) is 5.82 Å². The summed E-state index contributed by atoms with van der Waals surface area (Å²) in [5, 5.41) is 0. The molecule has 0 aliphatic rings. The van der Waals surface area contributed by atoms with Gasteiger partial charge in [0.05, 0.1) is 6.26 Å². The van der Waals surface area contributed by atoms with E-state index in [1.807, 2.05) is 6.92 Å². The zero-order chi connectivity index (χ0) is 13.4. The average molecular weight is 276 g/mol. The molecule has 0 fully saturated rings. The first-order valence-electron chi connectivity index (χ1n) is 3.48. The highest BCUT2D eigenvalue weighted by molar-refractivity contribution is 7.85. The Balaban J connectivity index is 0. The Morgan fingerprint density at radius 3 is 1.56 bits per heavy atom. The van der Waals surface area contributed by atoms with E-state index < -0.39 is 20.5 Å². The summed E-state index contributed by atoms with van der Waals surface area (Å²) in [4.78, 5) is 6.75. The summed E-state index contributed by atoms with van der Waals surface area (Å²) in [6, 6.07) is 0. The number of H-pyrrole nitrogens is 1. The first-order chi connectivity index (χ1) is 6.89. The quantitative estimate of drug-likeness (QED) is 0.464. The van der Waals surface area contributed by atoms with Gasteiger partial charge in [0, 0.05) is 12.4 Å². The monoisotopic (exact) mass is 276 g/mol. The van der Waals surface area contributed by atoms with Crippen molar-refractivity contribution in [3.8, 4) is 0 Å². The van der Waals surface area contributed by atoms with E-state index >= 15 is 0 Å². The second-order valence-corrected chi connectivity index (χ2v) is 4.72. The third-order valence-corrected chi connectivity index (χ3v) is 0.635. The fourth-order valence-corrected chi connectivity index (χ4v) is 0.344. The number of nitrogens with one attached hydrogen (secondary N) is 1. The standard InChI is InChI=1S/C4H6N2.CH4O3S.H2O4S/c1-4-5-2-3-6-4;2*1-5(2,3)4/h2-3H,1H3,(H,5,6);1H3,(H,2,3,4);(H2,1,2,3,4). The minimum atomic E-state index is -4.67. The molecule has 0 amide bonds. The molecule has 0 aliphatic heterocycles. The highest BCUT2D eigenvalue weighted by Crippen LogP contribution is 1.78. The summed E-state index contributed by atoms with van der Waals surface area (Å²) in [7, 11) is -8.33. The van der Waals surface area contributed by atoms with Crippen molar-refractivity contribution in [2.45, 2.75) is 6.92 Å². The van der Waals surface area contributed by atoms with Crippen molar-refractivity contribution < 1.29 is 30.5 Å². The van der Waals surface area contributed by atoms with Crippen LogP contribution in [0.2, 0.25) is 0 Å². The Bertz CT molecular complexity index is 415. The van der Waals surface area contributed by atoms with Crippen LogP contribution in [0.3, 0.4) is 0 Å². The molecule has 0 radical (unpaired) electrons. The van der Waals surface area contributed by atoms with Crippen LogP contribution in [0.15, 0.2) is 12.4 Å². The van der Waals surface area contributed by atoms with Crippen LogP contribution in [0.25, 0.3) is 0 Å². The van der Waals surface area contributed by atoms with E-state index in [0.29, 0.717) is 6.26 Å². The molecule has 0 aliphatic carbocycles. The number of aromatic nitrogens is 2. The van der Waals surface area contributed by atoms with E-state index in [1.54, 1.807) is 12.4 Å². The molecule has 96 valence electrons. The lowest BCUT2D eigenvalue weighted by Crippen LogP contribution is -1.89. The fourth-order valence-electron chi connectivity index (χ4n) is 0.344. The average Bonchev–Trinajstić information content (AvgIpc) is 2.30. The largest absolute Gasteiger partial charge is 0.394 e. The molecule has 0 unspecified atom stereocenters. The summed E-state index contributed by atoms with van der Waals surface area (Å²) < 4.78 is 57.5. The normalized spacial score (nSPS) is 10.6. The van der Waals surface area contributed by atoms with Gasteiger partial charge in [-0.1, -0.05) is 0 Å². The molecular formula is C5H12N2O7S2. The van der Waals surface area contributed by atoms with Gasteiger partial charge in [0.25, 0.3) is 10.1 Å². The Morgan fingerprint density at radius 1 is 1.19 bits per heavy atom. The fraction of sp³-hybridized carbons (Fsp3) is 0.400. The molecule has 1 heterocycles. The summed E-state index contributed by atoms with van der Waals surface area (Å²) in [6.07, 6.45) is 4.25. The molecule has 0 atom stereocenters. The van der Waals surface area contributed by atoms with Gasteiger partial charge >= 0.3 is 10.4 Å². The van der Waals surface area contributed by atoms with Crippen LogP contribution in [0, 0.1) is 6.92 Å². The van der Waals surface area contributed by atoms with Crippen LogP contribution >= 0.6 is 0 Å². The number of hydrogen-bond acceptors (Lipinski definition) is 5. The lowest BCUT2D eigenvalue weighted by Gasteiger charge is -1.69. The topological polar surface area (TPSA) is 158 Å². The maximum Gasteiger partial charge on any atom is 0.394 e. The van der Waals surface area contributed by atoms with Crippen molar-refractivity contribution in [1.82, 2.24) is 9.97 Å². The molecule has 0 bridgehead atoms. The van der Waals surface area contributed by atoms with E-state index in [4.69, 9.17) is 22.1 Å². The summed E-state index contributed by atoms with van der Waals surface area (Å²) in [5.74, 6) is 0.968. The molecule has 0 saturated carbocycles. The summed E-state index contributed by atoms with van der Waals surface area (Å²) >= 11 is 0. The minimum absolute atomic E-state index is 0.715. The SMILES string of the molecule is CS(=O)(=O)O.Cc1ncc[nH]1.O=S(=O)(O)O. The van der Waals surface area contributed by atoms with Crippen molar-refractivity contribution in [2.24, 2.45) is 0 Å². The van der Waals surface area contributed by atoms with Crippen molar-refractivity contribution in [1.29, 1.82) is 0 Å². The molecule has 0 aromatic carbocycles. The van der Waals surface area contributed by atoms with Gasteiger partial charge < -0.3 is 4.98 Å². The van der Waals surface area contributed by atoms with Gasteiger partial charge in [-0.3, -0.25) is 13.7 Å². The van der Waals surface area contributed by atoms with E-state index in [-0.39, 0.29) is 0 Å². The van der Waals surface area contributed by atoms with Crippen molar-refractivity contribution in [2.75, 3.05) is 6.26 Å². The molecule has 1 aromatic rings. The highest BCUT2D eigenvalue weighted by atomic mass is 32.3. The predicted octanol–water partition coefficient (Wildman–Crippen LogP) is -0.431. The van der Waals surface area contributed by atoms with E-state index in [9.17, 15) is 8.42 Å². The number of nitrogens with zero attached hydrogens (tertiary/aromatic N) is 1. The molecule has 16 heavy (non-hydrogen) atoms. The first kappa shape index (κ1) is 17.4. The molecule has 1 aromatic heterocycles. The Kier molecular flexibility index (Phi) is 7.93. The van der Waals surface area contributed by atoms with E-state index in [2.05, 4.69) is 9.97 Å². The molecule has 0 spiro atoms. The maximum absolute atomic E-state index is 9.19. The lowest BCUT2D eigenvalue weighted by atomic mass is 10.8.